The van der Waals surface area contributed by atoms with Crippen molar-refractivity contribution in [1.82, 2.24) is 14.9 Å². The summed E-state index contributed by atoms with van der Waals surface area (Å²) in [7, 11) is 7.42. The number of aromatic nitrogens is 2. The van der Waals surface area contributed by atoms with E-state index in [0.29, 0.717) is 6.01 Å². The smallest absolute Gasteiger partial charge is 0.318 e. The highest BCUT2D eigenvalue weighted by Crippen LogP contribution is 2.34. The molecule has 0 spiro atoms. The largest absolute Gasteiger partial charge is 0.497 e. The van der Waals surface area contributed by atoms with E-state index >= 15 is 0 Å². The molecule has 0 aliphatic rings. The van der Waals surface area contributed by atoms with Gasteiger partial charge in [-0.1, -0.05) is 24.3 Å². The predicted molar refractivity (Wildman–Crippen MR) is 132 cm³/mol. The fourth-order valence-electron chi connectivity index (χ4n) is 3.69. The normalized spacial score (nSPS) is 12.2. The van der Waals surface area contributed by atoms with Crippen molar-refractivity contribution < 1.29 is 9.47 Å². The number of thiophene rings is 1. The topological polar surface area (TPSA) is 59.5 Å². The van der Waals surface area contributed by atoms with E-state index in [1.54, 1.807) is 25.6 Å². The van der Waals surface area contributed by atoms with Gasteiger partial charge in [0.1, 0.15) is 11.6 Å². The van der Waals surface area contributed by atoms with Gasteiger partial charge in [-0.2, -0.15) is 9.97 Å². The van der Waals surface area contributed by atoms with Gasteiger partial charge in [0.2, 0.25) is 0 Å². The van der Waals surface area contributed by atoms with Gasteiger partial charge in [0.15, 0.2) is 0 Å². The number of rotatable bonds is 8. The van der Waals surface area contributed by atoms with Gasteiger partial charge >= 0.3 is 6.01 Å². The van der Waals surface area contributed by atoms with Crippen LogP contribution in [-0.4, -0.2) is 43.2 Å². The van der Waals surface area contributed by atoms with Crippen molar-refractivity contribution in [2.75, 3.05) is 33.6 Å². The Kier molecular flexibility index (Phi) is 6.58. The number of ether oxygens (including phenoxy) is 2. The average Bonchev–Trinajstić information content (AvgIpc) is 3.29. The maximum Gasteiger partial charge on any atom is 0.318 e. The maximum atomic E-state index is 5.40. The van der Waals surface area contributed by atoms with Gasteiger partial charge in [-0.15, -0.1) is 11.3 Å². The summed E-state index contributed by atoms with van der Waals surface area (Å²) in [5.74, 6) is 1.49. The summed E-state index contributed by atoms with van der Waals surface area (Å²) in [6, 6.07) is 17.0. The van der Waals surface area contributed by atoms with Crippen LogP contribution in [0.2, 0.25) is 0 Å². The van der Waals surface area contributed by atoms with Gasteiger partial charge in [-0.25, -0.2) is 0 Å². The number of anilines is 1. The number of nitrogens with one attached hydrogen (secondary N) is 1. The van der Waals surface area contributed by atoms with Crippen LogP contribution in [0.15, 0.2) is 53.9 Å². The lowest BCUT2D eigenvalue weighted by molar-refractivity contribution is 0.382. The van der Waals surface area contributed by atoms with Crippen LogP contribution in [0.25, 0.3) is 22.0 Å². The molecule has 0 saturated carbocycles. The molecule has 1 unspecified atom stereocenters. The van der Waals surface area contributed by atoms with Gasteiger partial charge in [0, 0.05) is 16.8 Å². The molecule has 166 valence electrons. The zero-order valence-electron chi connectivity index (χ0n) is 19.0. The average molecular weight is 449 g/mol. The van der Waals surface area contributed by atoms with Crippen molar-refractivity contribution in [3.63, 3.8) is 0 Å². The second-order valence-corrected chi connectivity index (χ2v) is 8.88. The van der Waals surface area contributed by atoms with Crippen LogP contribution in [0, 0.1) is 0 Å². The number of nitrogens with zero attached hydrogens (tertiary/aromatic N) is 3. The summed E-state index contributed by atoms with van der Waals surface area (Å²) < 4.78 is 10.7. The standard InChI is InChI=1S/C25H28N4O2S/c1-16(23-12-18(15-32-23)20-9-7-6-8-17(20)14-29(2)3)26-24-21-13-19(30-4)10-11-22(21)27-25(28-24)31-5/h6-13,15-16H,14H2,1-5H3,(H,26,27,28). The van der Waals surface area contributed by atoms with E-state index in [0.717, 1.165) is 29.0 Å². The third kappa shape index (κ3) is 4.69. The molecule has 0 bridgehead atoms. The van der Waals surface area contributed by atoms with Crippen LogP contribution >= 0.6 is 11.3 Å². The molecule has 2 aromatic carbocycles. The van der Waals surface area contributed by atoms with Crippen molar-refractivity contribution in [3.05, 3.63) is 64.4 Å². The van der Waals surface area contributed by atoms with E-state index in [9.17, 15) is 0 Å². The lowest BCUT2D eigenvalue weighted by atomic mass is 10.0. The predicted octanol–water partition coefficient (Wildman–Crippen LogP) is 5.61. The second-order valence-electron chi connectivity index (χ2n) is 7.94. The minimum atomic E-state index is 0.0590. The maximum absolute atomic E-state index is 5.40. The highest BCUT2D eigenvalue weighted by molar-refractivity contribution is 7.10. The van der Waals surface area contributed by atoms with E-state index in [1.807, 2.05) is 18.2 Å². The lowest BCUT2D eigenvalue weighted by Gasteiger charge is -2.16. The van der Waals surface area contributed by atoms with Gasteiger partial charge < -0.3 is 19.7 Å². The summed E-state index contributed by atoms with van der Waals surface area (Å²) in [5.41, 5.74) is 4.63. The summed E-state index contributed by atoms with van der Waals surface area (Å²) in [6.07, 6.45) is 0. The first-order chi connectivity index (χ1) is 15.5. The Morgan fingerprint density at radius 3 is 2.59 bits per heavy atom. The van der Waals surface area contributed by atoms with Crippen molar-refractivity contribution in [3.8, 4) is 22.9 Å². The molecule has 0 aliphatic heterocycles. The van der Waals surface area contributed by atoms with Crippen LogP contribution in [0.5, 0.6) is 11.8 Å². The van der Waals surface area contributed by atoms with Gasteiger partial charge in [-0.3, -0.25) is 0 Å². The molecule has 4 aromatic rings. The molecule has 0 saturated heterocycles. The molecule has 6 nitrogen and oxygen atoms in total. The number of fused-ring (bicyclic) bond motifs is 1. The van der Waals surface area contributed by atoms with Gasteiger partial charge in [0.25, 0.3) is 0 Å². The molecule has 0 radical (unpaired) electrons. The molecular weight excluding hydrogens is 420 g/mol. The Balaban J connectivity index is 1.64. The molecule has 2 heterocycles. The summed E-state index contributed by atoms with van der Waals surface area (Å²) in [6.45, 7) is 3.05. The molecule has 1 atom stereocenters. The van der Waals surface area contributed by atoms with Crippen molar-refractivity contribution in [1.29, 1.82) is 0 Å². The summed E-state index contributed by atoms with van der Waals surface area (Å²) >= 11 is 1.75. The first-order valence-corrected chi connectivity index (χ1v) is 11.3. The first-order valence-electron chi connectivity index (χ1n) is 10.5. The Bertz CT molecular complexity index is 1220. The van der Waals surface area contributed by atoms with E-state index in [1.165, 1.54) is 21.6 Å². The van der Waals surface area contributed by atoms with Crippen LogP contribution in [0.3, 0.4) is 0 Å². The third-order valence-corrected chi connectivity index (χ3v) is 6.39. The second kappa shape index (κ2) is 9.54. The minimum Gasteiger partial charge on any atom is -0.497 e. The molecule has 0 fully saturated rings. The zero-order valence-corrected chi connectivity index (χ0v) is 19.9. The SMILES string of the molecule is COc1ccc2nc(OC)nc(NC(C)c3cc(-c4ccccc4CN(C)C)cs3)c2c1. The van der Waals surface area contributed by atoms with E-state index in [4.69, 9.17) is 9.47 Å². The Labute approximate surface area is 192 Å². The van der Waals surface area contributed by atoms with Crippen molar-refractivity contribution in [2.45, 2.75) is 19.5 Å². The molecule has 2 aromatic heterocycles. The number of hydrogen-bond donors (Lipinski definition) is 1. The number of hydrogen-bond acceptors (Lipinski definition) is 7. The van der Waals surface area contributed by atoms with Crippen molar-refractivity contribution >= 4 is 28.1 Å². The Morgan fingerprint density at radius 2 is 1.84 bits per heavy atom. The Hall–Kier alpha value is -3.16. The van der Waals surface area contributed by atoms with E-state index in [-0.39, 0.29) is 6.04 Å². The number of benzene rings is 2. The number of methoxy groups -OCH3 is 2. The summed E-state index contributed by atoms with van der Waals surface area (Å²) in [5, 5.41) is 6.67. The molecule has 7 heteroatoms. The lowest BCUT2D eigenvalue weighted by Crippen LogP contribution is -2.11. The first kappa shape index (κ1) is 22.0. The van der Waals surface area contributed by atoms with Crippen LogP contribution in [-0.2, 0) is 6.54 Å². The Morgan fingerprint density at radius 1 is 1.03 bits per heavy atom. The van der Waals surface area contributed by atoms with E-state index < -0.39 is 0 Å². The molecule has 32 heavy (non-hydrogen) atoms. The van der Waals surface area contributed by atoms with E-state index in [2.05, 4.69) is 76.9 Å². The quantitative estimate of drug-likeness (QED) is 0.378. The van der Waals surface area contributed by atoms with Gasteiger partial charge in [-0.05, 0) is 67.4 Å². The highest BCUT2D eigenvalue weighted by atomic mass is 32.1. The molecule has 0 amide bonds. The zero-order chi connectivity index (χ0) is 22.7. The minimum absolute atomic E-state index is 0.0590. The monoisotopic (exact) mass is 448 g/mol. The fourth-order valence-corrected chi connectivity index (χ4v) is 4.61. The third-order valence-electron chi connectivity index (χ3n) is 5.28. The summed E-state index contributed by atoms with van der Waals surface area (Å²) in [4.78, 5) is 12.5. The van der Waals surface area contributed by atoms with Crippen molar-refractivity contribution in [2.24, 2.45) is 0 Å². The molecule has 0 aliphatic carbocycles. The molecular formula is C25H28N4O2S. The van der Waals surface area contributed by atoms with Crippen LogP contribution in [0.4, 0.5) is 5.82 Å². The molecule has 1 N–H and O–H groups in total. The molecule has 4 rings (SSSR count). The van der Waals surface area contributed by atoms with Crippen LogP contribution in [0.1, 0.15) is 23.4 Å². The van der Waals surface area contributed by atoms with Crippen LogP contribution < -0.4 is 14.8 Å². The van der Waals surface area contributed by atoms with Gasteiger partial charge in [0.05, 0.1) is 25.8 Å². The fraction of sp³-hybridized carbons (Fsp3) is 0.280. The highest BCUT2D eigenvalue weighted by Gasteiger charge is 2.16.